The summed E-state index contributed by atoms with van der Waals surface area (Å²) < 4.78 is 11.0. The summed E-state index contributed by atoms with van der Waals surface area (Å²) >= 11 is 4.84. The average molecular weight is 415 g/mol. The molecule has 1 amide bonds. The molecule has 0 bridgehead atoms. The Labute approximate surface area is 150 Å². The van der Waals surface area contributed by atoms with Crippen LogP contribution in [0.5, 0.6) is 5.75 Å². The number of halogens is 1. The number of ether oxygens (including phenoxy) is 2. The van der Waals surface area contributed by atoms with Crippen molar-refractivity contribution >= 4 is 39.1 Å². The van der Waals surface area contributed by atoms with Crippen LogP contribution < -0.4 is 10.1 Å². The predicted molar refractivity (Wildman–Crippen MR) is 92.1 cm³/mol. The van der Waals surface area contributed by atoms with Crippen molar-refractivity contribution in [1.82, 2.24) is 10.3 Å². The summed E-state index contributed by atoms with van der Waals surface area (Å²) in [5.74, 6) is -0.799. The highest BCUT2D eigenvalue weighted by molar-refractivity contribution is 9.10. The molecule has 2 rings (SSSR count). The molecule has 2 N–H and O–H groups in total. The van der Waals surface area contributed by atoms with Gasteiger partial charge in [-0.3, -0.25) is 9.59 Å². The second kappa shape index (κ2) is 8.76. The zero-order valence-electron chi connectivity index (χ0n) is 12.7. The quantitative estimate of drug-likeness (QED) is 0.643. The van der Waals surface area contributed by atoms with Crippen LogP contribution in [0.4, 0.5) is 0 Å². The highest BCUT2D eigenvalue weighted by Gasteiger charge is 2.11. The summed E-state index contributed by atoms with van der Waals surface area (Å²) in [6.45, 7) is -0.240. The van der Waals surface area contributed by atoms with E-state index in [1.165, 1.54) is 11.3 Å². The van der Waals surface area contributed by atoms with Crippen molar-refractivity contribution in [2.45, 2.75) is 6.42 Å². The van der Waals surface area contributed by atoms with Gasteiger partial charge in [0.15, 0.2) is 6.79 Å². The van der Waals surface area contributed by atoms with Crippen LogP contribution in [0.3, 0.4) is 0 Å². The lowest BCUT2D eigenvalue weighted by Gasteiger charge is -2.07. The lowest BCUT2D eigenvalue weighted by Crippen LogP contribution is -2.30. The number of carboxylic acids is 1. The molecule has 0 saturated carbocycles. The normalized spacial score (nSPS) is 10.4. The van der Waals surface area contributed by atoms with Crippen molar-refractivity contribution in [3.63, 3.8) is 0 Å². The van der Waals surface area contributed by atoms with E-state index in [4.69, 9.17) is 14.6 Å². The number of benzene rings is 1. The van der Waals surface area contributed by atoms with Crippen LogP contribution in [-0.2, 0) is 20.7 Å². The van der Waals surface area contributed by atoms with Gasteiger partial charge in [-0.05, 0) is 34.1 Å². The third kappa shape index (κ3) is 5.29. The molecule has 2 aromatic rings. The van der Waals surface area contributed by atoms with Crippen molar-refractivity contribution in [1.29, 1.82) is 0 Å². The SMILES string of the molecule is COCOc1ccc(-c2nc(CC(=O)NCC(=O)O)cs2)cc1Br. The van der Waals surface area contributed by atoms with Gasteiger partial charge in [-0.15, -0.1) is 11.3 Å². The van der Waals surface area contributed by atoms with Gasteiger partial charge in [-0.2, -0.15) is 0 Å². The van der Waals surface area contributed by atoms with Crippen molar-refractivity contribution in [2.24, 2.45) is 0 Å². The fourth-order valence-corrected chi connectivity index (χ4v) is 3.11. The minimum absolute atomic E-state index is 0.0416. The molecule has 0 unspecified atom stereocenters. The number of carboxylic acid groups (broad SMARTS) is 1. The molecule has 0 atom stereocenters. The number of thiazole rings is 1. The predicted octanol–water partition coefficient (Wildman–Crippen LogP) is 2.30. The number of carbonyl (C=O) groups is 2. The largest absolute Gasteiger partial charge is 0.480 e. The van der Waals surface area contributed by atoms with Gasteiger partial charge in [0, 0.05) is 18.1 Å². The summed E-state index contributed by atoms with van der Waals surface area (Å²) in [4.78, 5) is 26.4. The first kappa shape index (κ1) is 18.4. The highest BCUT2D eigenvalue weighted by Crippen LogP contribution is 2.32. The molecule has 0 spiro atoms. The van der Waals surface area contributed by atoms with E-state index >= 15 is 0 Å². The molecule has 1 heterocycles. The fourth-order valence-electron chi connectivity index (χ4n) is 1.80. The zero-order valence-corrected chi connectivity index (χ0v) is 15.1. The summed E-state index contributed by atoms with van der Waals surface area (Å²) in [7, 11) is 1.55. The van der Waals surface area contributed by atoms with E-state index < -0.39 is 12.5 Å². The number of nitrogens with zero attached hydrogens (tertiary/aromatic N) is 1. The van der Waals surface area contributed by atoms with Crippen LogP contribution in [0, 0.1) is 0 Å². The van der Waals surface area contributed by atoms with Crippen LogP contribution in [0.2, 0.25) is 0 Å². The van der Waals surface area contributed by atoms with Gasteiger partial charge in [0.1, 0.15) is 17.3 Å². The van der Waals surface area contributed by atoms with Crippen LogP contribution in [-0.4, -0.2) is 42.4 Å². The first-order valence-electron chi connectivity index (χ1n) is 6.84. The Balaban J connectivity index is 2.03. The number of nitrogens with one attached hydrogen (secondary N) is 1. The third-order valence-corrected chi connectivity index (χ3v) is 4.40. The Hall–Kier alpha value is -1.97. The second-order valence-electron chi connectivity index (χ2n) is 4.69. The maximum absolute atomic E-state index is 11.6. The number of hydrogen-bond acceptors (Lipinski definition) is 6. The first-order valence-corrected chi connectivity index (χ1v) is 8.51. The van der Waals surface area contributed by atoms with E-state index in [2.05, 4.69) is 26.2 Å². The average Bonchev–Trinajstić information content (AvgIpc) is 3.00. The van der Waals surface area contributed by atoms with E-state index in [9.17, 15) is 9.59 Å². The van der Waals surface area contributed by atoms with Gasteiger partial charge < -0.3 is 19.9 Å². The van der Waals surface area contributed by atoms with Gasteiger partial charge in [0.05, 0.1) is 16.6 Å². The standard InChI is InChI=1S/C15H15BrN2O5S/c1-22-8-23-12-3-2-9(4-11(12)16)15-18-10(7-24-15)5-13(19)17-6-14(20)21/h2-4,7H,5-6,8H2,1H3,(H,17,19)(H,20,21). The zero-order chi connectivity index (χ0) is 17.5. The second-order valence-corrected chi connectivity index (χ2v) is 6.40. The maximum atomic E-state index is 11.6. The van der Waals surface area contributed by atoms with E-state index in [1.807, 2.05) is 12.1 Å². The lowest BCUT2D eigenvalue weighted by atomic mass is 10.2. The molecule has 1 aromatic heterocycles. The molecule has 0 radical (unpaired) electrons. The van der Waals surface area contributed by atoms with Gasteiger partial charge in [0.25, 0.3) is 0 Å². The molecule has 0 aliphatic heterocycles. The molecular weight excluding hydrogens is 400 g/mol. The molecule has 1 aromatic carbocycles. The van der Waals surface area contributed by atoms with Crippen LogP contribution in [0.1, 0.15) is 5.69 Å². The minimum atomic E-state index is -1.08. The highest BCUT2D eigenvalue weighted by atomic mass is 79.9. The minimum Gasteiger partial charge on any atom is -0.480 e. The molecule has 7 nitrogen and oxygen atoms in total. The fraction of sp³-hybridized carbons (Fsp3) is 0.267. The lowest BCUT2D eigenvalue weighted by molar-refractivity contribution is -0.137. The molecule has 0 aliphatic rings. The smallest absolute Gasteiger partial charge is 0.322 e. The number of carbonyl (C=O) groups excluding carboxylic acids is 1. The number of aromatic nitrogens is 1. The van der Waals surface area contributed by atoms with E-state index in [1.54, 1.807) is 18.6 Å². The molecule has 128 valence electrons. The van der Waals surface area contributed by atoms with Crippen molar-refractivity contribution in [3.05, 3.63) is 33.7 Å². The van der Waals surface area contributed by atoms with Crippen LogP contribution >= 0.6 is 27.3 Å². The van der Waals surface area contributed by atoms with Crippen molar-refractivity contribution < 1.29 is 24.2 Å². The van der Waals surface area contributed by atoms with Crippen LogP contribution in [0.15, 0.2) is 28.1 Å². The van der Waals surface area contributed by atoms with Gasteiger partial charge in [-0.25, -0.2) is 4.98 Å². The molecule has 0 fully saturated rings. The van der Waals surface area contributed by atoms with Gasteiger partial charge in [0.2, 0.25) is 5.91 Å². The Kier molecular flexibility index (Phi) is 6.71. The number of rotatable bonds is 8. The van der Waals surface area contributed by atoms with E-state index in [0.29, 0.717) is 11.4 Å². The Morgan fingerprint density at radius 2 is 2.21 bits per heavy atom. The van der Waals surface area contributed by atoms with Gasteiger partial charge >= 0.3 is 5.97 Å². The van der Waals surface area contributed by atoms with Crippen molar-refractivity contribution in [2.75, 3.05) is 20.4 Å². The molecule has 9 heteroatoms. The Bertz CT molecular complexity index is 734. The molecule has 0 aliphatic carbocycles. The molecule has 24 heavy (non-hydrogen) atoms. The van der Waals surface area contributed by atoms with Crippen molar-refractivity contribution in [3.8, 4) is 16.3 Å². The summed E-state index contributed by atoms with van der Waals surface area (Å²) in [5, 5.41) is 13.4. The summed E-state index contributed by atoms with van der Waals surface area (Å²) in [6, 6.07) is 5.54. The number of amides is 1. The monoisotopic (exact) mass is 414 g/mol. The van der Waals surface area contributed by atoms with E-state index in [0.717, 1.165) is 15.0 Å². The number of hydrogen-bond donors (Lipinski definition) is 2. The molecular formula is C15H15BrN2O5S. The molecule has 0 saturated heterocycles. The Morgan fingerprint density at radius 3 is 2.88 bits per heavy atom. The third-order valence-electron chi connectivity index (χ3n) is 2.84. The Morgan fingerprint density at radius 1 is 1.42 bits per heavy atom. The number of methoxy groups -OCH3 is 1. The first-order chi connectivity index (χ1) is 11.5. The van der Waals surface area contributed by atoms with Crippen LogP contribution in [0.25, 0.3) is 10.6 Å². The maximum Gasteiger partial charge on any atom is 0.322 e. The summed E-state index contributed by atoms with van der Waals surface area (Å²) in [6.07, 6.45) is 0.0416. The van der Waals surface area contributed by atoms with E-state index in [-0.39, 0.29) is 19.1 Å². The number of aliphatic carboxylic acids is 1. The van der Waals surface area contributed by atoms with Gasteiger partial charge in [-0.1, -0.05) is 0 Å². The topological polar surface area (TPSA) is 97.8 Å². The summed E-state index contributed by atoms with van der Waals surface area (Å²) in [5.41, 5.74) is 1.47.